The molecule has 0 bridgehead atoms. The molecule has 2 N–H and O–H groups in total. The van der Waals surface area contributed by atoms with Crippen LogP contribution in [0, 0.1) is 0 Å². The monoisotopic (exact) mass is 494 g/mol. The Morgan fingerprint density at radius 2 is 1.76 bits per heavy atom. The first kappa shape index (κ1) is 23.3. The first-order chi connectivity index (χ1) is 16.4. The van der Waals surface area contributed by atoms with E-state index in [1.165, 1.54) is 14.2 Å². The van der Waals surface area contributed by atoms with Crippen LogP contribution in [0.2, 0.25) is 5.02 Å². The smallest absolute Gasteiger partial charge is 0.344 e. The molecule has 1 amide bonds. The van der Waals surface area contributed by atoms with E-state index in [1.807, 2.05) is 12.1 Å². The second kappa shape index (κ2) is 9.94. The van der Waals surface area contributed by atoms with E-state index in [0.29, 0.717) is 44.5 Å². The van der Waals surface area contributed by atoms with Crippen LogP contribution in [0.15, 0.2) is 75.9 Å². The molecule has 0 fully saturated rings. The van der Waals surface area contributed by atoms with Gasteiger partial charge in [-0.3, -0.25) is 10.1 Å². The molecule has 4 aromatic rings. The van der Waals surface area contributed by atoms with E-state index in [2.05, 4.69) is 10.6 Å². The van der Waals surface area contributed by atoms with Gasteiger partial charge in [-0.2, -0.15) is 0 Å². The minimum atomic E-state index is -0.488. The largest absolute Gasteiger partial charge is 0.497 e. The third kappa shape index (κ3) is 4.88. The molecule has 0 atom stereocenters. The van der Waals surface area contributed by atoms with Gasteiger partial charge in [0.05, 0.1) is 30.4 Å². The summed E-state index contributed by atoms with van der Waals surface area (Å²) >= 11 is 11.7. The number of methoxy groups -OCH3 is 2. The van der Waals surface area contributed by atoms with Crippen molar-refractivity contribution in [3.05, 3.63) is 87.7 Å². The van der Waals surface area contributed by atoms with Gasteiger partial charge < -0.3 is 19.2 Å². The molecule has 0 spiro atoms. The van der Waals surface area contributed by atoms with E-state index >= 15 is 0 Å². The van der Waals surface area contributed by atoms with Crippen molar-refractivity contribution in [2.45, 2.75) is 0 Å². The van der Waals surface area contributed by atoms with Gasteiger partial charge in [0.15, 0.2) is 5.11 Å². The molecule has 3 aromatic carbocycles. The maximum atomic E-state index is 12.6. The van der Waals surface area contributed by atoms with Gasteiger partial charge in [0, 0.05) is 22.7 Å². The van der Waals surface area contributed by atoms with Crippen molar-refractivity contribution in [2.75, 3.05) is 19.5 Å². The van der Waals surface area contributed by atoms with E-state index in [9.17, 15) is 9.59 Å². The molecule has 0 aliphatic heterocycles. The van der Waals surface area contributed by atoms with Crippen LogP contribution in [0.1, 0.15) is 10.4 Å². The van der Waals surface area contributed by atoms with E-state index < -0.39 is 11.5 Å². The van der Waals surface area contributed by atoms with Crippen molar-refractivity contribution in [2.24, 2.45) is 0 Å². The van der Waals surface area contributed by atoms with E-state index in [0.717, 1.165) is 5.39 Å². The molecule has 172 valence electrons. The van der Waals surface area contributed by atoms with Crippen LogP contribution in [-0.2, 0) is 0 Å². The summed E-state index contributed by atoms with van der Waals surface area (Å²) in [6.07, 6.45) is 0. The molecule has 9 heteroatoms. The normalized spacial score (nSPS) is 10.6. The highest BCUT2D eigenvalue weighted by Gasteiger charge is 2.16. The molecule has 7 nitrogen and oxygen atoms in total. The Balaban J connectivity index is 1.51. The lowest BCUT2D eigenvalue weighted by Crippen LogP contribution is -2.34. The van der Waals surface area contributed by atoms with Crippen molar-refractivity contribution in [3.8, 4) is 22.6 Å². The molecular formula is C25H19ClN2O5S. The molecule has 0 aliphatic carbocycles. The Morgan fingerprint density at radius 1 is 0.971 bits per heavy atom. The first-order valence-electron chi connectivity index (χ1n) is 10.1. The zero-order valence-corrected chi connectivity index (χ0v) is 19.8. The summed E-state index contributed by atoms with van der Waals surface area (Å²) < 4.78 is 15.8. The second-order valence-corrected chi connectivity index (χ2v) is 7.97. The number of amides is 1. The van der Waals surface area contributed by atoms with Crippen LogP contribution >= 0.6 is 23.8 Å². The predicted molar refractivity (Wildman–Crippen MR) is 136 cm³/mol. The Bertz CT molecular complexity index is 1470. The van der Waals surface area contributed by atoms with Gasteiger partial charge in [0.1, 0.15) is 17.1 Å². The van der Waals surface area contributed by atoms with Gasteiger partial charge in [-0.05, 0) is 48.6 Å². The van der Waals surface area contributed by atoms with E-state index in [1.54, 1.807) is 54.6 Å². The fourth-order valence-electron chi connectivity index (χ4n) is 3.38. The molecule has 1 aromatic heterocycles. The molecule has 34 heavy (non-hydrogen) atoms. The molecular weight excluding hydrogens is 476 g/mol. The van der Waals surface area contributed by atoms with Crippen LogP contribution in [0.5, 0.6) is 11.5 Å². The zero-order valence-electron chi connectivity index (χ0n) is 18.2. The third-order valence-corrected chi connectivity index (χ3v) is 5.56. The van der Waals surface area contributed by atoms with Crippen molar-refractivity contribution < 1.29 is 18.7 Å². The standard InChI is InChI=1S/C25H19ClN2O5S/c1-31-16-8-10-18(22(13-16)32-2)23(29)28-25(34)27-15-7-9-17(20(26)12-15)19-11-14-5-3-4-6-21(14)33-24(19)30/h3-13H,1-2H3,(H2,27,28,29,34). The average molecular weight is 495 g/mol. The Morgan fingerprint density at radius 3 is 2.50 bits per heavy atom. The topological polar surface area (TPSA) is 89.8 Å². The third-order valence-electron chi connectivity index (χ3n) is 5.04. The Hall–Kier alpha value is -3.88. The van der Waals surface area contributed by atoms with E-state index in [-0.39, 0.29) is 5.11 Å². The number of ether oxygens (including phenoxy) is 2. The van der Waals surface area contributed by atoms with Gasteiger partial charge in [-0.1, -0.05) is 35.9 Å². The van der Waals surface area contributed by atoms with Crippen molar-refractivity contribution in [1.82, 2.24) is 5.32 Å². The number of hydrogen-bond donors (Lipinski definition) is 2. The fraction of sp³-hybridized carbons (Fsp3) is 0.0800. The minimum absolute atomic E-state index is 0.0666. The number of carbonyl (C=O) groups excluding carboxylic acids is 1. The highest BCUT2D eigenvalue weighted by Crippen LogP contribution is 2.30. The van der Waals surface area contributed by atoms with E-state index in [4.69, 9.17) is 37.7 Å². The zero-order chi connectivity index (χ0) is 24.2. The van der Waals surface area contributed by atoms with Gasteiger partial charge in [0.2, 0.25) is 0 Å². The number of anilines is 1. The van der Waals surface area contributed by atoms with Crippen LogP contribution in [0.4, 0.5) is 5.69 Å². The maximum Gasteiger partial charge on any atom is 0.344 e. The lowest BCUT2D eigenvalue weighted by molar-refractivity contribution is 0.0974. The number of para-hydroxylation sites is 1. The number of nitrogens with one attached hydrogen (secondary N) is 2. The van der Waals surface area contributed by atoms with Crippen molar-refractivity contribution in [3.63, 3.8) is 0 Å². The van der Waals surface area contributed by atoms with Crippen LogP contribution < -0.4 is 25.7 Å². The van der Waals surface area contributed by atoms with Crippen LogP contribution in [-0.4, -0.2) is 25.2 Å². The number of benzene rings is 3. The highest BCUT2D eigenvalue weighted by atomic mass is 35.5. The Kier molecular flexibility index (Phi) is 6.81. The highest BCUT2D eigenvalue weighted by molar-refractivity contribution is 7.80. The first-order valence-corrected chi connectivity index (χ1v) is 10.9. The average Bonchev–Trinajstić information content (AvgIpc) is 2.83. The summed E-state index contributed by atoms with van der Waals surface area (Å²) in [6.45, 7) is 0. The minimum Gasteiger partial charge on any atom is -0.497 e. The van der Waals surface area contributed by atoms with Crippen molar-refractivity contribution >= 4 is 51.5 Å². The van der Waals surface area contributed by atoms with Crippen molar-refractivity contribution in [1.29, 1.82) is 0 Å². The summed E-state index contributed by atoms with van der Waals surface area (Å²) in [7, 11) is 2.98. The lowest BCUT2D eigenvalue weighted by Gasteiger charge is -2.13. The Labute approximate surface area is 205 Å². The van der Waals surface area contributed by atoms with Gasteiger partial charge >= 0.3 is 5.63 Å². The summed E-state index contributed by atoms with van der Waals surface area (Å²) in [5.41, 5.74) is 1.70. The molecule has 0 saturated heterocycles. The van der Waals surface area contributed by atoms with Crippen LogP contribution in [0.3, 0.4) is 0 Å². The molecule has 4 rings (SSSR count). The van der Waals surface area contributed by atoms with Gasteiger partial charge in [-0.15, -0.1) is 0 Å². The van der Waals surface area contributed by atoms with Gasteiger partial charge in [0.25, 0.3) is 5.91 Å². The molecule has 0 aliphatic rings. The fourth-order valence-corrected chi connectivity index (χ4v) is 3.87. The number of hydrogen-bond acceptors (Lipinski definition) is 6. The summed E-state index contributed by atoms with van der Waals surface area (Å²) in [6, 6.07) is 18.8. The summed E-state index contributed by atoms with van der Waals surface area (Å²) in [4.78, 5) is 25.1. The number of carbonyl (C=O) groups is 1. The quantitative estimate of drug-likeness (QED) is 0.289. The molecule has 0 unspecified atom stereocenters. The number of thiocarbonyl (C=S) groups is 1. The predicted octanol–water partition coefficient (Wildman–Crippen LogP) is 5.26. The molecule has 1 heterocycles. The summed E-state index contributed by atoms with van der Waals surface area (Å²) in [5, 5.41) is 6.69. The number of halogens is 1. The lowest BCUT2D eigenvalue weighted by atomic mass is 10.1. The van der Waals surface area contributed by atoms with Crippen LogP contribution in [0.25, 0.3) is 22.1 Å². The molecule has 0 saturated carbocycles. The molecule has 0 radical (unpaired) electrons. The van der Waals surface area contributed by atoms with Gasteiger partial charge in [-0.25, -0.2) is 4.79 Å². The second-order valence-electron chi connectivity index (χ2n) is 7.15. The number of fused-ring (bicyclic) bond motifs is 1. The maximum absolute atomic E-state index is 12.6. The number of rotatable bonds is 5. The summed E-state index contributed by atoms with van der Waals surface area (Å²) in [5.74, 6) is 0.457. The SMILES string of the molecule is COc1ccc(C(=O)NC(=S)Nc2ccc(-c3cc4ccccc4oc3=O)c(Cl)c2)c(OC)c1.